The van der Waals surface area contributed by atoms with Gasteiger partial charge in [-0.25, -0.2) is 0 Å². The van der Waals surface area contributed by atoms with Crippen LogP contribution in [0.3, 0.4) is 0 Å². The predicted molar refractivity (Wildman–Crippen MR) is 351 cm³/mol. The topological polar surface area (TPSA) is 6.48 Å². The normalized spacial score (nSPS) is 14.2. The van der Waals surface area contributed by atoms with Crippen molar-refractivity contribution in [2.45, 2.75) is 45.3 Å². The van der Waals surface area contributed by atoms with Gasteiger partial charge in [-0.2, -0.15) is 0 Å². The van der Waals surface area contributed by atoms with Crippen LogP contribution in [0, 0.1) is 0 Å². The summed E-state index contributed by atoms with van der Waals surface area (Å²) in [6.07, 6.45) is 9.06. The van der Waals surface area contributed by atoms with E-state index in [1.807, 2.05) is 23.5 Å². The number of hydrogen-bond acceptors (Lipinski definition) is 4. The molecular weight excluding hydrogens is 1030 g/mol. The Bertz CT molecular complexity index is 5120. The fraction of sp³-hybridized carbons (Fsp3) is 0.0513. The van der Waals surface area contributed by atoms with E-state index in [0.717, 1.165) is 37.1 Å². The zero-order valence-corrected chi connectivity index (χ0v) is 46.3. The van der Waals surface area contributed by atoms with E-state index in [1.165, 1.54) is 172 Å². The molecule has 0 amide bonds. The summed E-state index contributed by atoms with van der Waals surface area (Å²) in [6.45, 7) is 0. The number of aryl methyl sites for hydroxylation is 2. The van der Waals surface area contributed by atoms with Gasteiger partial charge in [-0.15, -0.1) is 0 Å². The summed E-state index contributed by atoms with van der Waals surface area (Å²) in [5, 5.41) is 23.9. The lowest BCUT2D eigenvalue weighted by molar-refractivity contribution is 1.05. The monoisotopic (exact) mass is 1080 g/mol. The quantitative estimate of drug-likeness (QED) is 0.128. The van der Waals surface area contributed by atoms with Crippen molar-refractivity contribution >= 4 is 156 Å². The minimum absolute atomic E-state index is 1.04. The van der Waals surface area contributed by atoms with Gasteiger partial charge in [0, 0.05) is 31.0 Å². The first-order valence-electron chi connectivity index (χ1n) is 28.8. The average Bonchev–Trinajstić information content (AvgIpc) is 3.42. The molecule has 2 aliphatic heterocycles. The molecule has 82 heavy (non-hydrogen) atoms. The number of hydrogen-bond donors (Lipinski definition) is 0. The van der Waals surface area contributed by atoms with Gasteiger partial charge in [0.2, 0.25) is 0 Å². The summed E-state index contributed by atoms with van der Waals surface area (Å²) in [5.41, 5.74) is 15.1. The molecule has 0 N–H and O–H groups in total. The highest BCUT2D eigenvalue weighted by atomic mass is 32.2. The summed E-state index contributed by atoms with van der Waals surface area (Å²) < 4.78 is 0. The third kappa shape index (κ3) is 6.23. The van der Waals surface area contributed by atoms with E-state index in [9.17, 15) is 0 Å². The second-order valence-electron chi connectivity index (χ2n) is 22.7. The van der Waals surface area contributed by atoms with Crippen LogP contribution >= 0.6 is 23.5 Å². The Morgan fingerprint density at radius 3 is 1.09 bits per heavy atom. The minimum Gasteiger partial charge on any atom is -0.308 e. The molecule has 15 aromatic rings. The smallest absolute Gasteiger partial charge is 0.0601 e. The Hall–Kier alpha value is -9.32. The molecule has 0 atom stereocenters. The number of rotatable bonds is 4. The van der Waals surface area contributed by atoms with Crippen LogP contribution in [0.25, 0.3) is 121 Å². The second kappa shape index (κ2) is 17.1. The van der Waals surface area contributed by atoms with Crippen LogP contribution in [0.4, 0.5) is 34.1 Å². The lowest BCUT2D eigenvalue weighted by Gasteiger charge is -2.34. The van der Waals surface area contributed by atoms with Crippen molar-refractivity contribution in [2.75, 3.05) is 9.80 Å². The summed E-state index contributed by atoms with van der Waals surface area (Å²) >= 11 is 3.72. The Morgan fingerprint density at radius 2 is 0.622 bits per heavy atom. The van der Waals surface area contributed by atoms with Gasteiger partial charge in [-0.3, -0.25) is 0 Å². The van der Waals surface area contributed by atoms with E-state index in [-0.39, 0.29) is 0 Å². The van der Waals surface area contributed by atoms with E-state index < -0.39 is 0 Å². The zero-order valence-electron chi connectivity index (χ0n) is 44.6. The van der Waals surface area contributed by atoms with Crippen molar-refractivity contribution in [3.05, 3.63) is 252 Å². The molecule has 15 aromatic carbocycles. The maximum atomic E-state index is 2.54. The Morgan fingerprint density at radius 1 is 0.268 bits per heavy atom. The van der Waals surface area contributed by atoms with Crippen LogP contribution in [0.2, 0.25) is 0 Å². The summed E-state index contributed by atoms with van der Waals surface area (Å²) in [7, 11) is 0. The molecule has 4 aliphatic rings. The van der Waals surface area contributed by atoms with Crippen LogP contribution in [0.1, 0.15) is 24.0 Å². The first-order valence-corrected chi connectivity index (χ1v) is 30.5. The van der Waals surface area contributed by atoms with Crippen molar-refractivity contribution in [3.63, 3.8) is 0 Å². The highest BCUT2D eigenvalue weighted by Gasteiger charge is 2.30. The number of fused-ring (bicyclic) bond motifs is 10. The standard InChI is InChI=1S/C78H48N2S2/c1-5-31-69-65(27-1)79(66-28-2-6-32-70(66)81-69)47-35-37-61-63(43-47)77(59-41-39-57-51-21-11-17-45-15-9-19-49(73(45)51)53-23-13-25-55(59)75(53)57)62-38-36-48(80-67-29-3-7-33-71(67)82-72-34-8-4-30-68(72)80)44-64(62)78(61)60-42-40-58-52-22-12-18-46-16-10-20-50(74(46)52)54-24-14-26-56(60)76(54)58/h1-9,12-19,22-44H,10-11,20-21H2. The molecular formula is C78H48N2S2. The molecule has 2 aliphatic carbocycles. The van der Waals surface area contributed by atoms with Gasteiger partial charge in [0.05, 0.1) is 22.7 Å². The van der Waals surface area contributed by atoms with Crippen LogP contribution in [-0.2, 0) is 12.8 Å². The summed E-state index contributed by atoms with van der Waals surface area (Å²) in [6, 6.07) is 88.6. The molecule has 0 unspecified atom stereocenters. The molecule has 0 aromatic heterocycles. The van der Waals surface area contributed by atoms with Crippen LogP contribution in [0.5, 0.6) is 0 Å². The molecule has 2 nitrogen and oxygen atoms in total. The molecule has 0 radical (unpaired) electrons. The molecule has 4 heteroatoms. The molecule has 0 bridgehead atoms. The highest BCUT2D eigenvalue weighted by Crippen LogP contribution is 2.57. The molecule has 0 fully saturated rings. The van der Waals surface area contributed by atoms with Crippen LogP contribution in [-0.4, -0.2) is 0 Å². The van der Waals surface area contributed by atoms with Gasteiger partial charge in [0.15, 0.2) is 0 Å². The van der Waals surface area contributed by atoms with Crippen molar-refractivity contribution in [3.8, 4) is 22.3 Å². The van der Waals surface area contributed by atoms with Gasteiger partial charge in [-0.1, -0.05) is 193 Å². The Labute approximate surface area is 482 Å². The third-order valence-electron chi connectivity index (χ3n) is 18.6. The number of nitrogens with zero attached hydrogens (tertiary/aromatic N) is 2. The highest BCUT2D eigenvalue weighted by molar-refractivity contribution is 8.00. The zero-order chi connectivity index (χ0) is 53.3. The van der Waals surface area contributed by atoms with Crippen molar-refractivity contribution in [2.24, 2.45) is 0 Å². The minimum atomic E-state index is 1.04. The van der Waals surface area contributed by atoms with E-state index in [2.05, 4.69) is 252 Å². The van der Waals surface area contributed by atoms with Gasteiger partial charge in [0.1, 0.15) is 0 Å². The van der Waals surface area contributed by atoms with E-state index in [4.69, 9.17) is 0 Å². The molecule has 2 heterocycles. The second-order valence-corrected chi connectivity index (χ2v) is 24.9. The average molecular weight is 1080 g/mol. The molecule has 0 saturated heterocycles. The Kier molecular flexibility index (Phi) is 9.47. The van der Waals surface area contributed by atoms with Gasteiger partial charge >= 0.3 is 0 Å². The first-order chi connectivity index (χ1) is 40.7. The lowest BCUT2D eigenvalue weighted by Crippen LogP contribution is -2.15. The van der Waals surface area contributed by atoms with E-state index in [1.54, 1.807) is 0 Å². The number of para-hydroxylation sites is 4. The van der Waals surface area contributed by atoms with Gasteiger partial charge in [0.25, 0.3) is 0 Å². The summed E-state index contributed by atoms with van der Waals surface area (Å²) in [5.74, 6) is 0. The van der Waals surface area contributed by atoms with E-state index >= 15 is 0 Å². The SMILES string of the molecule is C1=c2cccc3c2c(c2ccc(-c4c5ccc(N6c7ccccc7Sc7ccccc76)cc5c(-c5ccc6c7cccc8c7c(c7cccc5c76)CCC=8)c5ccc(N6c7ccccc7Sc7ccccc76)cc45)c4cccc3c42)CC1. The van der Waals surface area contributed by atoms with Crippen LogP contribution < -0.4 is 20.2 Å². The largest absolute Gasteiger partial charge is 0.308 e. The molecule has 0 spiro atoms. The Balaban J connectivity index is 0.986. The fourth-order valence-corrected chi connectivity index (χ4v) is 17.5. The fourth-order valence-electron chi connectivity index (χ4n) is 15.4. The van der Waals surface area contributed by atoms with Crippen LogP contribution in [0.15, 0.2) is 250 Å². The molecule has 0 saturated carbocycles. The van der Waals surface area contributed by atoms with Gasteiger partial charge < -0.3 is 9.80 Å². The van der Waals surface area contributed by atoms with Crippen molar-refractivity contribution < 1.29 is 0 Å². The predicted octanol–water partition coefficient (Wildman–Crippen LogP) is 21.0. The third-order valence-corrected chi connectivity index (χ3v) is 20.9. The van der Waals surface area contributed by atoms with Crippen molar-refractivity contribution in [1.29, 1.82) is 0 Å². The maximum Gasteiger partial charge on any atom is 0.0601 e. The summed E-state index contributed by atoms with van der Waals surface area (Å²) in [4.78, 5) is 10.0. The number of anilines is 6. The van der Waals surface area contributed by atoms with Gasteiger partial charge in [-0.05, 0) is 228 Å². The number of benzene rings is 15. The maximum absolute atomic E-state index is 2.54. The molecule has 382 valence electrons. The van der Waals surface area contributed by atoms with Crippen molar-refractivity contribution in [1.82, 2.24) is 0 Å². The first kappa shape index (κ1) is 45.4. The lowest BCUT2D eigenvalue weighted by atomic mass is 9.80. The molecule has 19 rings (SSSR count). The van der Waals surface area contributed by atoms with E-state index in [0.29, 0.717) is 0 Å².